The summed E-state index contributed by atoms with van der Waals surface area (Å²) < 4.78 is 1.96. The van der Waals surface area contributed by atoms with Crippen LogP contribution in [0, 0.1) is 0 Å². The minimum atomic E-state index is 0.358. The number of nitrogens with one attached hydrogen (secondary N) is 1. The first-order valence-corrected chi connectivity index (χ1v) is 6.98. The number of hydrogen-bond acceptors (Lipinski definition) is 3. The first-order chi connectivity index (χ1) is 8.31. The van der Waals surface area contributed by atoms with Gasteiger partial charge in [-0.2, -0.15) is 16.4 Å². The molecule has 2 heterocycles. The second-order valence-electron chi connectivity index (χ2n) is 4.22. The van der Waals surface area contributed by atoms with E-state index < -0.39 is 0 Å². The van der Waals surface area contributed by atoms with Gasteiger partial charge in [-0.3, -0.25) is 4.68 Å². The van der Waals surface area contributed by atoms with E-state index in [4.69, 9.17) is 0 Å². The van der Waals surface area contributed by atoms with Gasteiger partial charge in [0.15, 0.2) is 0 Å². The van der Waals surface area contributed by atoms with E-state index in [9.17, 15) is 0 Å². The summed E-state index contributed by atoms with van der Waals surface area (Å²) in [6, 6.07) is 4.65. The molecule has 3 nitrogen and oxygen atoms in total. The zero-order chi connectivity index (χ0) is 12.1. The molecule has 0 aliphatic carbocycles. The summed E-state index contributed by atoms with van der Waals surface area (Å²) in [7, 11) is 2.00. The molecule has 0 bridgehead atoms. The molecule has 1 atom stereocenters. The Bertz CT molecular complexity index is 433. The summed E-state index contributed by atoms with van der Waals surface area (Å²) in [6.45, 7) is 3.23. The van der Waals surface area contributed by atoms with Crippen molar-refractivity contribution in [2.45, 2.75) is 25.8 Å². The number of nitrogens with zero attached hydrogens (tertiary/aromatic N) is 2. The molecule has 0 aliphatic heterocycles. The van der Waals surface area contributed by atoms with Crippen LogP contribution in [0.1, 0.15) is 30.6 Å². The molecule has 0 amide bonds. The summed E-state index contributed by atoms with van der Waals surface area (Å²) in [5, 5.41) is 12.2. The van der Waals surface area contributed by atoms with E-state index in [2.05, 4.69) is 40.2 Å². The standard InChI is InChI=1S/C13H19N3S/c1-3-6-14-12(9-11-5-8-17-10-11)13-4-7-15-16(13)2/h4-5,7-8,10,12,14H,3,6,9H2,1-2H3. The van der Waals surface area contributed by atoms with Gasteiger partial charge < -0.3 is 5.32 Å². The Labute approximate surface area is 106 Å². The zero-order valence-corrected chi connectivity index (χ0v) is 11.2. The molecule has 0 saturated heterocycles. The largest absolute Gasteiger partial charge is 0.308 e. The number of hydrogen-bond donors (Lipinski definition) is 1. The molecular weight excluding hydrogens is 230 g/mol. The highest BCUT2D eigenvalue weighted by molar-refractivity contribution is 7.07. The molecule has 1 unspecified atom stereocenters. The van der Waals surface area contributed by atoms with E-state index in [0.717, 1.165) is 19.4 Å². The van der Waals surface area contributed by atoms with Gasteiger partial charge in [0.1, 0.15) is 0 Å². The fourth-order valence-electron chi connectivity index (χ4n) is 1.97. The van der Waals surface area contributed by atoms with E-state index in [0.29, 0.717) is 6.04 Å². The van der Waals surface area contributed by atoms with E-state index in [1.54, 1.807) is 11.3 Å². The van der Waals surface area contributed by atoms with Crippen LogP contribution in [0.2, 0.25) is 0 Å². The van der Waals surface area contributed by atoms with Gasteiger partial charge in [0.2, 0.25) is 0 Å². The number of rotatable bonds is 6. The third kappa shape index (κ3) is 3.17. The maximum absolute atomic E-state index is 4.25. The Kier molecular flexibility index (Phi) is 4.34. The summed E-state index contributed by atoms with van der Waals surface area (Å²) in [5.41, 5.74) is 2.65. The van der Waals surface area contributed by atoms with Crippen LogP contribution in [0.25, 0.3) is 0 Å². The predicted octanol–water partition coefficient (Wildman–Crippen LogP) is 2.77. The maximum atomic E-state index is 4.25. The van der Waals surface area contributed by atoms with Gasteiger partial charge in [-0.05, 0) is 47.8 Å². The Balaban J connectivity index is 2.11. The zero-order valence-electron chi connectivity index (χ0n) is 10.4. The van der Waals surface area contributed by atoms with Crippen molar-refractivity contribution in [2.75, 3.05) is 6.54 Å². The molecule has 2 rings (SSSR count). The SMILES string of the molecule is CCCNC(Cc1ccsc1)c1ccnn1C. The highest BCUT2D eigenvalue weighted by Crippen LogP contribution is 2.19. The van der Waals surface area contributed by atoms with Crippen LogP contribution in [0.4, 0.5) is 0 Å². The molecule has 2 aromatic rings. The molecule has 2 aromatic heterocycles. The molecule has 0 fully saturated rings. The van der Waals surface area contributed by atoms with Crippen molar-refractivity contribution < 1.29 is 0 Å². The van der Waals surface area contributed by atoms with E-state index in [-0.39, 0.29) is 0 Å². The molecule has 17 heavy (non-hydrogen) atoms. The lowest BCUT2D eigenvalue weighted by atomic mass is 10.1. The number of thiophene rings is 1. The van der Waals surface area contributed by atoms with Gasteiger partial charge in [0.05, 0.1) is 11.7 Å². The molecule has 4 heteroatoms. The second kappa shape index (κ2) is 5.98. The molecule has 0 aromatic carbocycles. The lowest BCUT2D eigenvalue weighted by molar-refractivity contribution is 0.494. The van der Waals surface area contributed by atoms with Crippen molar-refractivity contribution in [3.8, 4) is 0 Å². The lowest BCUT2D eigenvalue weighted by Gasteiger charge is -2.18. The van der Waals surface area contributed by atoms with Crippen molar-refractivity contribution in [1.29, 1.82) is 0 Å². The van der Waals surface area contributed by atoms with Crippen molar-refractivity contribution in [1.82, 2.24) is 15.1 Å². The monoisotopic (exact) mass is 249 g/mol. The van der Waals surface area contributed by atoms with Gasteiger partial charge in [-0.25, -0.2) is 0 Å². The van der Waals surface area contributed by atoms with E-state index in [1.165, 1.54) is 11.3 Å². The smallest absolute Gasteiger partial charge is 0.0553 e. The van der Waals surface area contributed by atoms with Crippen molar-refractivity contribution in [3.63, 3.8) is 0 Å². The summed E-state index contributed by atoms with van der Waals surface area (Å²) in [5.74, 6) is 0. The first kappa shape index (κ1) is 12.3. The number of aromatic nitrogens is 2. The molecule has 0 radical (unpaired) electrons. The lowest BCUT2D eigenvalue weighted by Crippen LogP contribution is -2.26. The molecule has 0 saturated carbocycles. The van der Waals surface area contributed by atoms with Crippen molar-refractivity contribution in [2.24, 2.45) is 7.05 Å². The van der Waals surface area contributed by atoms with Crippen LogP contribution in [-0.2, 0) is 13.5 Å². The van der Waals surface area contributed by atoms with Crippen LogP contribution in [0.3, 0.4) is 0 Å². The third-order valence-corrected chi connectivity index (χ3v) is 3.61. The fourth-order valence-corrected chi connectivity index (χ4v) is 2.65. The number of aryl methyl sites for hydroxylation is 1. The molecule has 0 spiro atoms. The average Bonchev–Trinajstić information content (AvgIpc) is 2.95. The second-order valence-corrected chi connectivity index (χ2v) is 5.00. The van der Waals surface area contributed by atoms with Crippen LogP contribution >= 0.6 is 11.3 Å². The highest BCUT2D eigenvalue weighted by atomic mass is 32.1. The third-order valence-electron chi connectivity index (χ3n) is 2.88. The Morgan fingerprint density at radius 2 is 2.35 bits per heavy atom. The topological polar surface area (TPSA) is 29.9 Å². The highest BCUT2D eigenvalue weighted by Gasteiger charge is 2.14. The quantitative estimate of drug-likeness (QED) is 0.853. The van der Waals surface area contributed by atoms with Gasteiger partial charge in [-0.1, -0.05) is 6.92 Å². The predicted molar refractivity (Wildman–Crippen MR) is 72.3 cm³/mol. The molecule has 1 N–H and O–H groups in total. The van der Waals surface area contributed by atoms with Crippen LogP contribution in [0.15, 0.2) is 29.1 Å². The van der Waals surface area contributed by atoms with Gasteiger partial charge in [0.25, 0.3) is 0 Å². The minimum Gasteiger partial charge on any atom is -0.308 e. The van der Waals surface area contributed by atoms with E-state index >= 15 is 0 Å². The maximum Gasteiger partial charge on any atom is 0.0553 e. The Hall–Kier alpha value is -1.13. The van der Waals surface area contributed by atoms with Gasteiger partial charge in [0, 0.05) is 13.2 Å². The van der Waals surface area contributed by atoms with E-state index in [1.807, 2.05) is 17.9 Å². The minimum absolute atomic E-state index is 0.358. The van der Waals surface area contributed by atoms with Crippen LogP contribution in [0.5, 0.6) is 0 Å². The first-order valence-electron chi connectivity index (χ1n) is 6.03. The summed E-state index contributed by atoms with van der Waals surface area (Å²) >= 11 is 1.76. The summed E-state index contributed by atoms with van der Waals surface area (Å²) in [6.07, 6.45) is 4.05. The van der Waals surface area contributed by atoms with Gasteiger partial charge in [-0.15, -0.1) is 0 Å². The summed E-state index contributed by atoms with van der Waals surface area (Å²) in [4.78, 5) is 0. The van der Waals surface area contributed by atoms with Crippen LogP contribution in [-0.4, -0.2) is 16.3 Å². The normalized spacial score (nSPS) is 12.8. The molecule has 0 aliphatic rings. The Morgan fingerprint density at radius 3 is 2.94 bits per heavy atom. The fraction of sp³-hybridized carbons (Fsp3) is 0.462. The Morgan fingerprint density at radius 1 is 1.47 bits per heavy atom. The van der Waals surface area contributed by atoms with Crippen molar-refractivity contribution in [3.05, 3.63) is 40.3 Å². The van der Waals surface area contributed by atoms with Gasteiger partial charge >= 0.3 is 0 Å². The molecule has 92 valence electrons. The average molecular weight is 249 g/mol. The van der Waals surface area contributed by atoms with Crippen LogP contribution < -0.4 is 5.32 Å². The van der Waals surface area contributed by atoms with Crippen molar-refractivity contribution >= 4 is 11.3 Å². The molecular formula is C13H19N3S.